The number of aromatic carboxylic acids is 1. The van der Waals surface area contributed by atoms with Crippen LogP contribution in [0.4, 0.5) is 4.79 Å². The number of hydrogen-bond donors (Lipinski definition) is 1. The van der Waals surface area contributed by atoms with E-state index in [1.807, 2.05) is 0 Å². The summed E-state index contributed by atoms with van der Waals surface area (Å²) in [7, 11) is 1.48. The van der Waals surface area contributed by atoms with E-state index >= 15 is 0 Å². The highest BCUT2D eigenvalue weighted by molar-refractivity contribution is 8.18. The Balaban J connectivity index is 1.49. The molecule has 0 atom stereocenters. The Bertz CT molecular complexity index is 1430. The van der Waals surface area contributed by atoms with Gasteiger partial charge in [-0.2, -0.15) is 5.26 Å². The van der Waals surface area contributed by atoms with Crippen molar-refractivity contribution >= 4 is 35.0 Å². The van der Waals surface area contributed by atoms with Gasteiger partial charge >= 0.3 is 5.97 Å². The van der Waals surface area contributed by atoms with Gasteiger partial charge in [-0.15, -0.1) is 0 Å². The molecule has 1 N–H and O–H groups in total. The van der Waals surface area contributed by atoms with E-state index in [9.17, 15) is 19.6 Å². The fraction of sp³-hybridized carbons (Fsp3) is 0.111. The molecule has 1 fully saturated rings. The number of imide groups is 1. The van der Waals surface area contributed by atoms with Crippen LogP contribution in [0.1, 0.15) is 32.6 Å². The van der Waals surface area contributed by atoms with E-state index in [-0.39, 0.29) is 23.6 Å². The number of rotatable bonds is 8. The molecule has 1 aliphatic rings. The summed E-state index contributed by atoms with van der Waals surface area (Å²) < 4.78 is 11.2. The second kappa shape index (κ2) is 10.8. The maximum atomic E-state index is 12.9. The Labute approximate surface area is 211 Å². The van der Waals surface area contributed by atoms with Crippen LogP contribution in [0, 0.1) is 11.3 Å². The van der Waals surface area contributed by atoms with E-state index in [2.05, 4.69) is 6.07 Å². The van der Waals surface area contributed by atoms with Gasteiger partial charge in [0.25, 0.3) is 11.1 Å². The number of carbonyl (C=O) groups is 3. The van der Waals surface area contributed by atoms with Crippen LogP contribution in [-0.4, -0.2) is 34.2 Å². The molecular weight excluding hydrogens is 480 g/mol. The lowest BCUT2D eigenvalue weighted by Crippen LogP contribution is -2.27. The first kappa shape index (κ1) is 24.6. The van der Waals surface area contributed by atoms with Crippen LogP contribution >= 0.6 is 11.8 Å². The third-order valence-corrected chi connectivity index (χ3v) is 6.30. The zero-order valence-corrected chi connectivity index (χ0v) is 20.0. The van der Waals surface area contributed by atoms with E-state index in [0.717, 1.165) is 16.7 Å². The zero-order valence-electron chi connectivity index (χ0n) is 19.1. The first-order valence-corrected chi connectivity index (χ1v) is 11.6. The van der Waals surface area contributed by atoms with Gasteiger partial charge in [0, 0.05) is 0 Å². The van der Waals surface area contributed by atoms with Crippen molar-refractivity contribution in [2.75, 3.05) is 7.11 Å². The zero-order chi connectivity index (χ0) is 25.7. The number of nitrogens with zero attached hydrogens (tertiary/aromatic N) is 2. The summed E-state index contributed by atoms with van der Waals surface area (Å²) in [4.78, 5) is 38.0. The van der Waals surface area contributed by atoms with Gasteiger partial charge in [-0.05, 0) is 64.9 Å². The van der Waals surface area contributed by atoms with Crippen molar-refractivity contribution in [1.82, 2.24) is 4.90 Å². The average molecular weight is 501 g/mol. The Hall–Kier alpha value is -4.55. The summed E-state index contributed by atoms with van der Waals surface area (Å²) in [6, 6.07) is 20.5. The number of benzene rings is 3. The fourth-order valence-electron chi connectivity index (χ4n) is 3.57. The molecule has 1 aliphatic heterocycles. The number of methoxy groups -OCH3 is 1. The topological polar surface area (TPSA) is 117 Å². The number of carbonyl (C=O) groups excluding carboxylic acids is 2. The van der Waals surface area contributed by atoms with E-state index in [1.165, 1.54) is 19.2 Å². The number of carboxylic acid groups (broad SMARTS) is 1. The largest absolute Gasteiger partial charge is 0.493 e. The highest BCUT2D eigenvalue weighted by Gasteiger charge is 2.35. The molecular formula is C27H20N2O6S. The molecule has 0 unspecified atom stereocenters. The third kappa shape index (κ3) is 5.40. The Morgan fingerprint density at radius 1 is 1.08 bits per heavy atom. The molecule has 0 aromatic heterocycles. The Kier molecular flexibility index (Phi) is 7.37. The lowest BCUT2D eigenvalue weighted by molar-refractivity contribution is -0.123. The molecule has 4 rings (SSSR count). The van der Waals surface area contributed by atoms with Crippen LogP contribution < -0.4 is 9.47 Å². The summed E-state index contributed by atoms with van der Waals surface area (Å²) in [6.45, 7) is 0.158. The van der Waals surface area contributed by atoms with Gasteiger partial charge in [-0.3, -0.25) is 14.5 Å². The summed E-state index contributed by atoms with van der Waals surface area (Å²) in [6.07, 6.45) is 1.60. The van der Waals surface area contributed by atoms with Gasteiger partial charge in [0.1, 0.15) is 6.61 Å². The number of carboxylic acids is 1. The first-order valence-electron chi connectivity index (χ1n) is 10.8. The standard InChI is InChI=1S/C27H20N2O6S/c1-34-23-12-17(9-10-22(23)35-16-18-5-4-8-19(11-18)26(31)32)13-24-25(30)29(27(33)36-24)15-21-7-3-2-6-20(21)14-28/h2-13H,15-16H2,1H3,(H,31,32)/b24-13+. The van der Waals surface area contributed by atoms with Gasteiger partial charge in [0.05, 0.1) is 35.8 Å². The minimum absolute atomic E-state index is 0.0188. The first-order chi connectivity index (χ1) is 17.4. The molecule has 8 nitrogen and oxygen atoms in total. The monoisotopic (exact) mass is 500 g/mol. The van der Waals surface area contributed by atoms with Crippen molar-refractivity contribution in [3.8, 4) is 17.6 Å². The van der Waals surface area contributed by atoms with Crippen LogP contribution in [0.5, 0.6) is 11.5 Å². The highest BCUT2D eigenvalue weighted by atomic mass is 32.2. The normalized spacial score (nSPS) is 14.1. The molecule has 0 saturated carbocycles. The van der Waals surface area contributed by atoms with Gasteiger partial charge in [-0.25, -0.2) is 4.79 Å². The van der Waals surface area contributed by atoms with E-state index in [1.54, 1.807) is 60.7 Å². The number of hydrogen-bond acceptors (Lipinski definition) is 7. The van der Waals surface area contributed by atoms with Crippen molar-refractivity contribution in [3.63, 3.8) is 0 Å². The second-order valence-electron chi connectivity index (χ2n) is 7.74. The second-order valence-corrected chi connectivity index (χ2v) is 8.73. The molecule has 3 aromatic carbocycles. The van der Waals surface area contributed by atoms with Gasteiger partial charge in [-0.1, -0.05) is 36.4 Å². The van der Waals surface area contributed by atoms with Crippen LogP contribution in [0.3, 0.4) is 0 Å². The van der Waals surface area contributed by atoms with Crippen LogP contribution in [0.2, 0.25) is 0 Å². The van der Waals surface area contributed by atoms with Crippen LogP contribution in [0.15, 0.2) is 71.6 Å². The lowest BCUT2D eigenvalue weighted by atomic mass is 10.1. The molecule has 1 heterocycles. The molecule has 0 radical (unpaired) electrons. The predicted octanol–water partition coefficient (Wildman–Crippen LogP) is 5.08. The van der Waals surface area contributed by atoms with Crippen molar-refractivity contribution in [2.45, 2.75) is 13.2 Å². The number of ether oxygens (including phenoxy) is 2. The number of thioether (sulfide) groups is 1. The van der Waals surface area contributed by atoms with Crippen molar-refractivity contribution in [3.05, 3.63) is 99.5 Å². The van der Waals surface area contributed by atoms with Crippen LogP contribution in [-0.2, 0) is 17.9 Å². The van der Waals surface area contributed by atoms with E-state index < -0.39 is 17.1 Å². The summed E-state index contributed by atoms with van der Waals surface area (Å²) in [5.41, 5.74) is 2.50. The molecule has 3 aromatic rings. The third-order valence-electron chi connectivity index (χ3n) is 5.39. The van der Waals surface area contributed by atoms with Crippen molar-refractivity contribution in [2.24, 2.45) is 0 Å². The molecule has 2 amide bonds. The quantitative estimate of drug-likeness (QED) is 0.426. The summed E-state index contributed by atoms with van der Waals surface area (Å²) in [5.74, 6) is -0.593. The molecule has 0 spiro atoms. The SMILES string of the molecule is COc1cc(/C=C2/SC(=O)N(Cc3ccccc3C#N)C2=O)ccc1OCc1cccc(C(=O)O)c1. The summed E-state index contributed by atoms with van der Waals surface area (Å²) in [5, 5.41) is 18.0. The van der Waals surface area contributed by atoms with Gasteiger partial charge in [0.15, 0.2) is 11.5 Å². The predicted molar refractivity (Wildman–Crippen MR) is 133 cm³/mol. The molecule has 0 bridgehead atoms. The van der Waals surface area contributed by atoms with E-state index in [0.29, 0.717) is 33.8 Å². The molecule has 1 saturated heterocycles. The lowest BCUT2D eigenvalue weighted by Gasteiger charge is -2.13. The molecule has 36 heavy (non-hydrogen) atoms. The maximum Gasteiger partial charge on any atom is 0.335 e. The fourth-order valence-corrected chi connectivity index (χ4v) is 4.41. The van der Waals surface area contributed by atoms with Crippen molar-refractivity contribution < 1.29 is 29.0 Å². The van der Waals surface area contributed by atoms with Crippen LogP contribution in [0.25, 0.3) is 6.08 Å². The molecule has 0 aliphatic carbocycles. The highest BCUT2D eigenvalue weighted by Crippen LogP contribution is 2.35. The average Bonchev–Trinajstić information content (AvgIpc) is 3.15. The van der Waals surface area contributed by atoms with E-state index in [4.69, 9.17) is 14.6 Å². The maximum absolute atomic E-state index is 12.9. The van der Waals surface area contributed by atoms with Crippen molar-refractivity contribution in [1.29, 1.82) is 5.26 Å². The molecule has 180 valence electrons. The molecule has 9 heteroatoms. The number of amides is 2. The Morgan fingerprint density at radius 3 is 2.64 bits per heavy atom. The smallest absolute Gasteiger partial charge is 0.335 e. The number of nitriles is 1. The Morgan fingerprint density at radius 2 is 1.89 bits per heavy atom. The summed E-state index contributed by atoms with van der Waals surface area (Å²) >= 11 is 0.834. The van der Waals surface area contributed by atoms with Gasteiger partial charge in [0.2, 0.25) is 0 Å². The minimum atomic E-state index is -1.02. The van der Waals surface area contributed by atoms with Gasteiger partial charge < -0.3 is 14.6 Å². The minimum Gasteiger partial charge on any atom is -0.493 e.